The minimum atomic E-state index is -4.51. The van der Waals surface area contributed by atoms with Gasteiger partial charge >= 0.3 is 42.7 Å². The van der Waals surface area contributed by atoms with Gasteiger partial charge in [0, 0.05) is 51.1 Å². The standard InChI is InChI=1S/C20H23NO3.C19H23NO4.C19H23NO3.C18H18F3NO3.C18H19F2NO3.C18H21NO4/c1-13-4-9-19(14(2)10-13)24-12-17-8-7-16(15-5-6-15)11-18(17)21-20(22)23-3;1-5-23-16-8-7-15(17(11-16)20-19(21)22-4)12-24-18-9-6-13(2)10-14(18)3;1-5-15-7-8-16(17(11-15)20-19(21)22-4)12-23-18-9-6-13(2)10-14(18)3;1-11-4-7-16(12(2)8-11)25-10-13-5-6-14(18(19,20)21)9-15(13)22-17(23)24-3;1-11-4-7-16(12(2)8-11)24-10-14-6-5-13(17(19)20)9-15(14)21-18(22)23-3;1-12-5-8-17(13(2)9-12)23-11-14-6-7-15(21-3)10-16(14)19-18(20)22-4/h4,7-11,15H,5-6,12H2,1-3H3,(H,21,22);6-11H,5,12H2,1-4H3,(H,20,21);6-11H,5,12H2,1-4H3,(H,20,21);4-9H,10H2,1-3H3,(H,22,23);4-9,17H,10H2,1-3H3,(H,21,22);5-10H,11H2,1-4H3,(H,19,20). The quantitative estimate of drug-likeness (QED) is 0.0180. The molecule has 13 rings (SSSR count). The lowest BCUT2D eigenvalue weighted by atomic mass is 10.1. The van der Waals surface area contributed by atoms with Gasteiger partial charge in [-0.25, -0.2) is 37.5 Å². The monoisotopic (exact) mass is 1970 g/mol. The van der Waals surface area contributed by atoms with Gasteiger partial charge in [-0.15, -0.1) is 0 Å². The Labute approximate surface area is 832 Å². The van der Waals surface area contributed by atoms with Crippen LogP contribution in [0.15, 0.2) is 218 Å². The van der Waals surface area contributed by atoms with Crippen LogP contribution in [0.5, 0.6) is 46.0 Å². The second-order valence-electron chi connectivity index (χ2n) is 33.4. The highest BCUT2D eigenvalue weighted by atomic mass is 19.4. The van der Waals surface area contributed by atoms with Crippen LogP contribution in [0.25, 0.3) is 0 Å². The first kappa shape index (κ1) is 113. The molecule has 6 amide bonds. The van der Waals surface area contributed by atoms with E-state index in [-0.39, 0.29) is 30.2 Å². The number of anilines is 6. The highest BCUT2D eigenvalue weighted by molar-refractivity contribution is 5.89. The summed E-state index contributed by atoms with van der Waals surface area (Å²) < 4.78 is 138. The molecule has 31 heteroatoms. The third kappa shape index (κ3) is 36.8. The van der Waals surface area contributed by atoms with Crippen molar-refractivity contribution in [3.05, 3.63) is 341 Å². The molecule has 760 valence electrons. The van der Waals surface area contributed by atoms with Gasteiger partial charge in [-0.1, -0.05) is 156 Å². The van der Waals surface area contributed by atoms with Crippen LogP contribution < -0.4 is 69.8 Å². The fraction of sp³-hybridized carbons (Fsp3) is 0.304. The zero-order chi connectivity index (χ0) is 105. The molecular weight excluding hydrogens is 1840 g/mol. The molecule has 0 radical (unpaired) electrons. The summed E-state index contributed by atoms with van der Waals surface area (Å²) in [4.78, 5) is 69.0. The Morgan fingerprint density at radius 1 is 0.301 bits per heavy atom. The van der Waals surface area contributed by atoms with E-state index in [2.05, 4.69) is 107 Å². The molecule has 0 aromatic heterocycles. The Hall–Kier alpha value is -15.7. The largest absolute Gasteiger partial charge is 0.497 e. The third-order valence-electron chi connectivity index (χ3n) is 22.1. The fourth-order valence-corrected chi connectivity index (χ4v) is 14.2. The van der Waals surface area contributed by atoms with E-state index < -0.39 is 54.7 Å². The van der Waals surface area contributed by atoms with Crippen molar-refractivity contribution in [1.29, 1.82) is 0 Å². The highest BCUT2D eigenvalue weighted by Gasteiger charge is 2.32. The second kappa shape index (κ2) is 55.9. The molecule has 12 aromatic carbocycles. The maximum Gasteiger partial charge on any atom is 0.416 e. The van der Waals surface area contributed by atoms with Crippen molar-refractivity contribution in [3.63, 3.8) is 0 Å². The molecular formula is C112H127F5N6O20. The number of halogens is 5. The number of nitrogens with one attached hydrogen (secondary N) is 6. The molecule has 0 atom stereocenters. The van der Waals surface area contributed by atoms with Crippen LogP contribution in [0.3, 0.4) is 0 Å². The van der Waals surface area contributed by atoms with E-state index in [1.54, 1.807) is 25.3 Å². The second-order valence-corrected chi connectivity index (χ2v) is 33.4. The molecule has 0 bridgehead atoms. The lowest BCUT2D eigenvalue weighted by molar-refractivity contribution is -0.137. The Balaban J connectivity index is 0.000000210. The predicted molar refractivity (Wildman–Crippen MR) is 545 cm³/mol. The van der Waals surface area contributed by atoms with E-state index in [1.807, 2.05) is 210 Å². The Morgan fingerprint density at radius 2 is 0.566 bits per heavy atom. The van der Waals surface area contributed by atoms with Crippen molar-refractivity contribution in [2.45, 2.75) is 174 Å². The van der Waals surface area contributed by atoms with Gasteiger partial charge in [-0.2, -0.15) is 13.2 Å². The predicted octanol–water partition coefficient (Wildman–Crippen LogP) is 28.2. The smallest absolute Gasteiger partial charge is 0.416 e. The van der Waals surface area contributed by atoms with Crippen LogP contribution in [0, 0.1) is 83.1 Å². The molecule has 12 aromatic rings. The van der Waals surface area contributed by atoms with Gasteiger partial charge in [0.1, 0.15) is 85.6 Å². The number of rotatable bonds is 30. The summed E-state index contributed by atoms with van der Waals surface area (Å²) >= 11 is 0. The fourth-order valence-electron chi connectivity index (χ4n) is 14.2. The van der Waals surface area contributed by atoms with Crippen molar-refractivity contribution >= 4 is 70.7 Å². The number of methoxy groups -OCH3 is 7. The van der Waals surface area contributed by atoms with E-state index in [0.717, 1.165) is 132 Å². The lowest BCUT2D eigenvalue weighted by Gasteiger charge is -2.15. The first-order chi connectivity index (χ1) is 68.3. The summed E-state index contributed by atoms with van der Waals surface area (Å²) in [5.41, 5.74) is 22.0. The molecule has 143 heavy (non-hydrogen) atoms. The van der Waals surface area contributed by atoms with Crippen LogP contribution in [0.4, 0.5) is 84.8 Å². The van der Waals surface area contributed by atoms with Gasteiger partial charge in [0.05, 0.1) is 96.1 Å². The zero-order valence-corrected chi connectivity index (χ0v) is 84.6. The first-order valence-corrected chi connectivity index (χ1v) is 45.9. The van der Waals surface area contributed by atoms with Crippen molar-refractivity contribution in [3.8, 4) is 46.0 Å². The van der Waals surface area contributed by atoms with Crippen LogP contribution in [0.2, 0.25) is 0 Å². The summed E-state index contributed by atoms with van der Waals surface area (Å²) in [7, 11) is 9.28. The van der Waals surface area contributed by atoms with Gasteiger partial charge in [0.2, 0.25) is 0 Å². The number of carbonyl (C=O) groups excluding carboxylic acids is 6. The maximum atomic E-state index is 12.9. The molecule has 0 spiro atoms. The lowest BCUT2D eigenvalue weighted by Crippen LogP contribution is -2.15. The first-order valence-electron chi connectivity index (χ1n) is 45.9. The molecule has 0 saturated heterocycles. The number of alkyl halides is 5. The number of benzene rings is 12. The number of carbonyl (C=O) groups is 6. The van der Waals surface area contributed by atoms with Gasteiger partial charge in [-0.05, 0) is 251 Å². The summed E-state index contributed by atoms with van der Waals surface area (Å²) in [6.45, 7) is 30.1. The molecule has 1 aliphatic carbocycles. The summed E-state index contributed by atoms with van der Waals surface area (Å²) in [5.74, 6) is 6.60. The van der Waals surface area contributed by atoms with Gasteiger partial charge in [0.25, 0.3) is 6.43 Å². The van der Waals surface area contributed by atoms with Crippen molar-refractivity contribution < 1.29 is 117 Å². The minimum absolute atomic E-state index is 0.00135. The van der Waals surface area contributed by atoms with E-state index >= 15 is 0 Å². The number of hydrogen-bond acceptors (Lipinski definition) is 20. The molecule has 1 saturated carbocycles. The summed E-state index contributed by atoms with van der Waals surface area (Å²) in [5, 5.41) is 15.7. The van der Waals surface area contributed by atoms with Crippen LogP contribution >= 0.6 is 0 Å². The van der Waals surface area contributed by atoms with Crippen LogP contribution in [-0.4, -0.2) is 92.9 Å². The molecule has 0 aliphatic heterocycles. The molecule has 0 unspecified atom stereocenters. The third-order valence-corrected chi connectivity index (χ3v) is 22.1. The molecule has 6 N–H and O–H groups in total. The van der Waals surface area contributed by atoms with E-state index in [0.29, 0.717) is 84.5 Å². The SMILES string of the molecule is CCOc1ccc(COc2ccc(C)cc2C)c(NC(=O)OC)c1.CCc1ccc(COc2ccc(C)cc2C)c(NC(=O)OC)c1.COC(=O)Nc1cc(C(F)(F)F)ccc1COc1ccc(C)cc1C.COC(=O)Nc1cc(C(F)F)ccc1COc1ccc(C)cc1C.COC(=O)Nc1cc(C2CC2)ccc1COc1ccc(C)cc1C.COC(=O)Nc1cc(OC)ccc1COc1ccc(C)cc1C. The molecule has 26 nitrogen and oxygen atoms in total. The zero-order valence-electron chi connectivity index (χ0n) is 84.6. The minimum Gasteiger partial charge on any atom is -0.497 e. The van der Waals surface area contributed by atoms with Crippen molar-refractivity contribution in [2.24, 2.45) is 0 Å². The van der Waals surface area contributed by atoms with E-state index in [4.69, 9.17) is 42.6 Å². The topological polar surface area (TPSA) is 304 Å². The van der Waals surface area contributed by atoms with E-state index in [1.165, 1.54) is 100 Å². The van der Waals surface area contributed by atoms with Crippen LogP contribution in [0.1, 0.15) is 161 Å². The maximum absolute atomic E-state index is 12.9. The van der Waals surface area contributed by atoms with E-state index in [9.17, 15) is 50.7 Å². The Morgan fingerprint density at radius 3 is 0.846 bits per heavy atom. The number of amides is 6. The van der Waals surface area contributed by atoms with Crippen molar-refractivity contribution in [1.82, 2.24) is 0 Å². The average molecular weight is 1970 g/mol. The number of ether oxygens (including phenoxy) is 14. The van der Waals surface area contributed by atoms with Gasteiger partial charge < -0.3 is 66.3 Å². The molecule has 0 heterocycles. The molecule has 1 fully saturated rings. The number of hydrogen-bond donors (Lipinski definition) is 6. The van der Waals surface area contributed by atoms with Crippen molar-refractivity contribution in [2.75, 3.05) is 88.3 Å². The Kier molecular flexibility index (Phi) is 44.0. The highest BCUT2D eigenvalue weighted by Crippen LogP contribution is 2.42. The summed E-state index contributed by atoms with van der Waals surface area (Å²) in [6, 6.07) is 65.8. The summed E-state index contributed by atoms with van der Waals surface area (Å²) in [6.07, 6.45) is -7.40. The number of aryl methyl sites for hydroxylation is 13. The Bertz CT molecular complexity index is 6070. The van der Waals surface area contributed by atoms with Gasteiger partial charge in [0.15, 0.2) is 0 Å². The molecule has 1 aliphatic rings. The van der Waals surface area contributed by atoms with Gasteiger partial charge in [-0.3, -0.25) is 31.9 Å². The average Bonchev–Trinajstić information content (AvgIpc) is 1.63. The normalized spacial score (nSPS) is 11.0. The van der Waals surface area contributed by atoms with Crippen LogP contribution in [-0.2, 0) is 80.7 Å².